The Morgan fingerprint density at radius 2 is 2.26 bits per heavy atom. The van der Waals surface area contributed by atoms with Crippen molar-refractivity contribution in [1.82, 2.24) is 19.5 Å². The smallest absolute Gasteiger partial charge is 0.255 e. The van der Waals surface area contributed by atoms with E-state index in [1.807, 2.05) is 0 Å². The van der Waals surface area contributed by atoms with Crippen LogP contribution in [0.25, 0.3) is 11.4 Å². The molecule has 1 atom stereocenters. The molecule has 0 amide bonds. The molecule has 3 heterocycles. The molecule has 7 nitrogen and oxygen atoms in total. The molecular weight excluding hydrogens is 294 g/mol. The van der Waals surface area contributed by atoms with Crippen LogP contribution in [0.1, 0.15) is 19.8 Å². The van der Waals surface area contributed by atoms with E-state index in [2.05, 4.69) is 26.8 Å². The highest BCUT2D eigenvalue weighted by atomic mass is 16.5. The van der Waals surface area contributed by atoms with Crippen LogP contribution in [0.3, 0.4) is 0 Å². The topological polar surface area (TPSA) is 73.1 Å². The van der Waals surface area contributed by atoms with E-state index in [9.17, 15) is 4.79 Å². The summed E-state index contributed by atoms with van der Waals surface area (Å²) in [4.78, 5) is 27.2. The lowest BCUT2D eigenvalue weighted by Gasteiger charge is -2.34. The van der Waals surface area contributed by atoms with Crippen molar-refractivity contribution in [3.63, 3.8) is 0 Å². The van der Waals surface area contributed by atoms with Crippen LogP contribution in [0.5, 0.6) is 0 Å². The summed E-state index contributed by atoms with van der Waals surface area (Å²) < 4.78 is 7.36. The molecule has 0 N–H and O–H groups in total. The molecule has 1 saturated heterocycles. The number of anilines is 1. The van der Waals surface area contributed by atoms with Crippen molar-refractivity contribution in [2.75, 3.05) is 24.6 Å². The van der Waals surface area contributed by atoms with E-state index in [-0.39, 0.29) is 11.7 Å². The fourth-order valence-electron chi connectivity index (χ4n) is 2.78. The third-order valence-electron chi connectivity index (χ3n) is 3.99. The van der Waals surface area contributed by atoms with Crippen LogP contribution in [-0.2, 0) is 11.8 Å². The van der Waals surface area contributed by atoms with Crippen LogP contribution in [0.2, 0.25) is 0 Å². The zero-order valence-electron chi connectivity index (χ0n) is 13.5. The molecule has 2 aromatic rings. The quantitative estimate of drug-likeness (QED) is 0.845. The van der Waals surface area contributed by atoms with Crippen molar-refractivity contribution in [2.45, 2.75) is 25.9 Å². The van der Waals surface area contributed by atoms with Gasteiger partial charge in [-0.05, 0) is 12.5 Å². The minimum absolute atomic E-state index is 0.0952. The average Bonchev–Trinajstić information content (AvgIpc) is 2.58. The highest BCUT2D eigenvalue weighted by molar-refractivity contribution is 5.55. The first-order valence-electron chi connectivity index (χ1n) is 7.90. The Hall–Kier alpha value is -2.28. The van der Waals surface area contributed by atoms with Gasteiger partial charge in [0.25, 0.3) is 5.56 Å². The summed E-state index contributed by atoms with van der Waals surface area (Å²) in [5, 5.41) is 0. The summed E-state index contributed by atoms with van der Waals surface area (Å²) >= 11 is 0. The molecule has 1 unspecified atom stereocenters. The molecule has 0 aliphatic carbocycles. The van der Waals surface area contributed by atoms with Gasteiger partial charge in [0.15, 0.2) is 0 Å². The summed E-state index contributed by atoms with van der Waals surface area (Å²) in [5.41, 5.74) is 1.13. The minimum Gasteiger partial charge on any atom is -0.375 e. The highest BCUT2D eigenvalue weighted by Crippen LogP contribution is 2.19. The molecule has 0 spiro atoms. The lowest BCUT2D eigenvalue weighted by Crippen LogP contribution is -2.45. The minimum atomic E-state index is -0.0952. The second-order valence-electron chi connectivity index (χ2n) is 5.66. The van der Waals surface area contributed by atoms with Gasteiger partial charge in [-0.25, -0.2) is 15.0 Å². The second kappa shape index (κ2) is 6.87. The number of hydrogen-bond donors (Lipinski definition) is 0. The maximum Gasteiger partial charge on any atom is 0.255 e. The normalized spacial score (nSPS) is 18.2. The van der Waals surface area contributed by atoms with E-state index in [0.29, 0.717) is 23.9 Å². The number of rotatable bonds is 4. The van der Waals surface area contributed by atoms with Gasteiger partial charge < -0.3 is 9.64 Å². The summed E-state index contributed by atoms with van der Waals surface area (Å²) in [6, 6.07) is 3.26. The average molecular weight is 315 g/mol. The SMILES string of the molecule is CCCC1CN(c2nc(-c3ccncn3)cc(=O)n2C)CCO1. The molecule has 0 aromatic carbocycles. The first kappa shape index (κ1) is 15.6. The molecule has 1 aliphatic rings. The van der Waals surface area contributed by atoms with Crippen LogP contribution in [0.4, 0.5) is 5.95 Å². The first-order valence-corrected chi connectivity index (χ1v) is 7.90. The lowest BCUT2D eigenvalue weighted by molar-refractivity contribution is 0.0340. The van der Waals surface area contributed by atoms with Gasteiger partial charge in [0.2, 0.25) is 5.95 Å². The highest BCUT2D eigenvalue weighted by Gasteiger charge is 2.23. The molecular formula is C16H21N5O2. The predicted molar refractivity (Wildman–Crippen MR) is 87.4 cm³/mol. The van der Waals surface area contributed by atoms with Gasteiger partial charge in [-0.2, -0.15) is 0 Å². The molecule has 1 aliphatic heterocycles. The maximum atomic E-state index is 12.3. The maximum absolute atomic E-state index is 12.3. The third-order valence-corrected chi connectivity index (χ3v) is 3.99. The fourth-order valence-corrected chi connectivity index (χ4v) is 2.78. The molecule has 3 rings (SSSR count). The van der Waals surface area contributed by atoms with Gasteiger partial charge in [-0.3, -0.25) is 9.36 Å². The fraction of sp³-hybridized carbons (Fsp3) is 0.500. The van der Waals surface area contributed by atoms with E-state index in [4.69, 9.17) is 4.74 Å². The molecule has 23 heavy (non-hydrogen) atoms. The molecule has 7 heteroatoms. The Labute approximate surface area is 135 Å². The molecule has 1 fully saturated rings. The van der Waals surface area contributed by atoms with Crippen LogP contribution >= 0.6 is 0 Å². The van der Waals surface area contributed by atoms with Crippen molar-refractivity contribution < 1.29 is 4.74 Å². The Morgan fingerprint density at radius 1 is 1.39 bits per heavy atom. The summed E-state index contributed by atoms with van der Waals surface area (Å²) in [6.07, 6.45) is 5.38. The lowest BCUT2D eigenvalue weighted by atomic mass is 10.2. The number of aromatic nitrogens is 4. The van der Waals surface area contributed by atoms with Crippen LogP contribution in [-0.4, -0.2) is 45.3 Å². The van der Waals surface area contributed by atoms with Gasteiger partial charge in [0.05, 0.1) is 24.1 Å². The van der Waals surface area contributed by atoms with E-state index < -0.39 is 0 Å². The predicted octanol–water partition coefficient (Wildman–Crippen LogP) is 1.24. The van der Waals surface area contributed by atoms with Crippen molar-refractivity contribution >= 4 is 5.95 Å². The van der Waals surface area contributed by atoms with E-state index in [1.54, 1.807) is 23.9 Å². The van der Waals surface area contributed by atoms with Gasteiger partial charge in [0, 0.05) is 32.4 Å². The molecule has 2 aromatic heterocycles. The standard InChI is InChI=1S/C16H21N5O2/c1-3-4-12-10-21(7-8-23-12)16-19-14(9-15(22)20(16)2)13-5-6-17-11-18-13/h5-6,9,11-12H,3-4,7-8,10H2,1-2H3. The molecule has 0 saturated carbocycles. The van der Waals surface area contributed by atoms with Crippen LogP contribution < -0.4 is 10.5 Å². The largest absolute Gasteiger partial charge is 0.375 e. The van der Waals surface area contributed by atoms with E-state index in [0.717, 1.165) is 25.9 Å². The van der Waals surface area contributed by atoms with Gasteiger partial charge in [-0.1, -0.05) is 13.3 Å². The van der Waals surface area contributed by atoms with Crippen LogP contribution in [0.15, 0.2) is 29.5 Å². The van der Waals surface area contributed by atoms with Gasteiger partial charge in [0.1, 0.15) is 6.33 Å². The Morgan fingerprint density at radius 3 is 3.00 bits per heavy atom. The van der Waals surface area contributed by atoms with E-state index >= 15 is 0 Å². The van der Waals surface area contributed by atoms with Crippen molar-refractivity contribution in [1.29, 1.82) is 0 Å². The van der Waals surface area contributed by atoms with Crippen LogP contribution in [0, 0.1) is 0 Å². The third kappa shape index (κ3) is 3.39. The monoisotopic (exact) mass is 315 g/mol. The Balaban J connectivity index is 1.95. The molecule has 0 bridgehead atoms. The zero-order valence-corrected chi connectivity index (χ0v) is 13.5. The Kier molecular flexibility index (Phi) is 4.66. The summed E-state index contributed by atoms with van der Waals surface area (Å²) in [7, 11) is 1.75. The summed E-state index contributed by atoms with van der Waals surface area (Å²) in [6.45, 7) is 4.28. The molecule has 122 valence electrons. The van der Waals surface area contributed by atoms with Gasteiger partial charge in [-0.15, -0.1) is 0 Å². The van der Waals surface area contributed by atoms with Crippen molar-refractivity contribution in [2.24, 2.45) is 7.05 Å². The number of morpholine rings is 1. The Bertz CT molecular complexity index is 714. The first-order chi connectivity index (χ1) is 11.2. The van der Waals surface area contributed by atoms with E-state index in [1.165, 1.54) is 12.4 Å². The van der Waals surface area contributed by atoms with Crippen molar-refractivity contribution in [3.05, 3.63) is 35.0 Å². The molecule has 0 radical (unpaired) electrons. The number of nitrogens with zero attached hydrogens (tertiary/aromatic N) is 5. The number of ether oxygens (including phenoxy) is 1. The second-order valence-corrected chi connectivity index (χ2v) is 5.66. The van der Waals surface area contributed by atoms with Crippen molar-refractivity contribution in [3.8, 4) is 11.4 Å². The summed E-state index contributed by atoms with van der Waals surface area (Å²) in [5.74, 6) is 0.663. The zero-order chi connectivity index (χ0) is 16.2. The van der Waals surface area contributed by atoms with Gasteiger partial charge >= 0.3 is 0 Å². The number of hydrogen-bond acceptors (Lipinski definition) is 6.